The van der Waals surface area contributed by atoms with Gasteiger partial charge in [-0.25, -0.2) is 0 Å². The van der Waals surface area contributed by atoms with Crippen LogP contribution in [-0.4, -0.2) is 10.8 Å². The zero-order valence-corrected chi connectivity index (χ0v) is 8.71. The Hall–Kier alpha value is -2.08. The Bertz CT molecular complexity index is 631. The van der Waals surface area contributed by atoms with Gasteiger partial charge in [-0.1, -0.05) is 0 Å². The van der Waals surface area contributed by atoms with E-state index in [0.717, 1.165) is 35.0 Å². The highest BCUT2D eigenvalue weighted by atomic mass is 16.1. The molecule has 0 amide bonds. The third-order valence-electron chi connectivity index (χ3n) is 3.11. The number of carbonyl (C=O) groups excluding carboxylic acids is 1. The summed E-state index contributed by atoms with van der Waals surface area (Å²) in [6.45, 7) is 0. The number of aromatic amines is 1. The number of aromatic nitrogens is 1. The summed E-state index contributed by atoms with van der Waals surface area (Å²) in [4.78, 5) is 15.1. The summed E-state index contributed by atoms with van der Waals surface area (Å²) < 4.78 is 0. The van der Waals surface area contributed by atoms with Crippen LogP contribution in [0.15, 0.2) is 18.2 Å². The molecule has 1 aromatic heterocycles. The van der Waals surface area contributed by atoms with Gasteiger partial charge in [0, 0.05) is 28.6 Å². The van der Waals surface area contributed by atoms with Crippen LogP contribution in [0.5, 0.6) is 0 Å². The third kappa shape index (κ3) is 1.17. The number of nitrogens with one attached hydrogen (secondary N) is 1. The number of rotatable bonds is 0. The minimum atomic E-state index is 0.197. The van der Waals surface area contributed by atoms with Gasteiger partial charge in [-0.05, 0) is 31.0 Å². The molecular weight excluding hydrogens is 200 g/mol. The van der Waals surface area contributed by atoms with Gasteiger partial charge < -0.3 is 4.98 Å². The topological polar surface area (TPSA) is 56.6 Å². The molecule has 0 atom stereocenters. The molecule has 3 rings (SSSR count). The van der Waals surface area contributed by atoms with Crippen molar-refractivity contribution in [3.63, 3.8) is 0 Å². The zero-order chi connectivity index (χ0) is 11.1. The summed E-state index contributed by atoms with van der Waals surface area (Å²) in [5, 5.41) is 9.76. The first-order valence-corrected chi connectivity index (χ1v) is 5.37. The minimum Gasteiger partial charge on any atom is -0.358 e. The van der Waals surface area contributed by atoms with Crippen LogP contribution in [0.2, 0.25) is 0 Å². The average molecular weight is 210 g/mol. The predicted octanol–water partition coefficient (Wildman–Crippen LogP) is 2.56. The van der Waals surface area contributed by atoms with Crippen molar-refractivity contribution < 1.29 is 4.79 Å². The third-order valence-corrected chi connectivity index (χ3v) is 3.11. The maximum atomic E-state index is 11.9. The SMILES string of the molecule is N#Cc1ccc2[nH]c3c(c2c1)C(=O)CCC3. The van der Waals surface area contributed by atoms with Crippen LogP contribution in [0.3, 0.4) is 0 Å². The van der Waals surface area contributed by atoms with Crippen molar-refractivity contribution in [3.05, 3.63) is 35.0 Å². The van der Waals surface area contributed by atoms with Crippen LogP contribution in [-0.2, 0) is 6.42 Å². The molecule has 0 unspecified atom stereocenters. The lowest BCUT2D eigenvalue weighted by Crippen LogP contribution is -2.09. The molecule has 1 aromatic carbocycles. The maximum Gasteiger partial charge on any atom is 0.165 e. The van der Waals surface area contributed by atoms with E-state index in [1.807, 2.05) is 6.07 Å². The fourth-order valence-electron chi connectivity index (χ4n) is 2.37. The Labute approximate surface area is 92.7 Å². The molecule has 1 N–H and O–H groups in total. The van der Waals surface area contributed by atoms with Crippen molar-refractivity contribution in [1.29, 1.82) is 5.26 Å². The van der Waals surface area contributed by atoms with Crippen molar-refractivity contribution >= 4 is 16.7 Å². The van der Waals surface area contributed by atoms with E-state index in [-0.39, 0.29) is 5.78 Å². The number of fused-ring (bicyclic) bond motifs is 3. The molecule has 0 bridgehead atoms. The van der Waals surface area contributed by atoms with Crippen LogP contribution < -0.4 is 0 Å². The normalized spacial score (nSPS) is 14.8. The van der Waals surface area contributed by atoms with Gasteiger partial charge in [-0.15, -0.1) is 0 Å². The Balaban J connectivity index is 2.36. The standard InChI is InChI=1S/C13H10N2O/c14-7-8-4-5-10-9(6-8)13-11(15-10)2-1-3-12(13)16/h4-6,15H,1-3H2. The van der Waals surface area contributed by atoms with Gasteiger partial charge in [0.05, 0.1) is 11.6 Å². The number of ketones is 1. The highest BCUT2D eigenvalue weighted by Crippen LogP contribution is 2.29. The second kappa shape index (κ2) is 3.21. The van der Waals surface area contributed by atoms with E-state index in [4.69, 9.17) is 5.26 Å². The van der Waals surface area contributed by atoms with Crippen molar-refractivity contribution in [1.82, 2.24) is 4.98 Å². The molecule has 3 heteroatoms. The Morgan fingerprint density at radius 3 is 3.00 bits per heavy atom. The molecule has 3 nitrogen and oxygen atoms in total. The molecule has 0 saturated carbocycles. The van der Waals surface area contributed by atoms with Crippen LogP contribution in [0.25, 0.3) is 10.9 Å². The molecule has 78 valence electrons. The second-order valence-corrected chi connectivity index (χ2v) is 4.13. The molecule has 1 aliphatic carbocycles. The summed E-state index contributed by atoms with van der Waals surface area (Å²) in [5.74, 6) is 0.197. The first kappa shape index (κ1) is 9.17. The van der Waals surface area contributed by atoms with E-state index in [9.17, 15) is 4.79 Å². The van der Waals surface area contributed by atoms with Crippen molar-refractivity contribution in [2.24, 2.45) is 0 Å². The van der Waals surface area contributed by atoms with Gasteiger partial charge in [0.2, 0.25) is 0 Å². The molecule has 1 aliphatic rings. The lowest BCUT2D eigenvalue weighted by Gasteiger charge is -2.09. The van der Waals surface area contributed by atoms with E-state index < -0.39 is 0 Å². The molecule has 16 heavy (non-hydrogen) atoms. The number of benzene rings is 1. The fraction of sp³-hybridized carbons (Fsp3) is 0.231. The minimum absolute atomic E-state index is 0.197. The first-order valence-electron chi connectivity index (χ1n) is 5.37. The van der Waals surface area contributed by atoms with E-state index in [1.165, 1.54) is 0 Å². The molecule has 0 aliphatic heterocycles. The Kier molecular flexibility index (Phi) is 1.84. The fourth-order valence-corrected chi connectivity index (χ4v) is 2.37. The lowest BCUT2D eigenvalue weighted by atomic mass is 9.94. The zero-order valence-electron chi connectivity index (χ0n) is 8.71. The molecule has 0 saturated heterocycles. The Morgan fingerprint density at radius 1 is 1.31 bits per heavy atom. The number of aryl methyl sites for hydroxylation is 1. The predicted molar refractivity (Wildman–Crippen MR) is 60.3 cm³/mol. The molecule has 2 aromatic rings. The second-order valence-electron chi connectivity index (χ2n) is 4.13. The van der Waals surface area contributed by atoms with Gasteiger partial charge in [0.15, 0.2) is 5.78 Å². The maximum absolute atomic E-state index is 11.9. The number of hydrogen-bond donors (Lipinski definition) is 1. The smallest absolute Gasteiger partial charge is 0.165 e. The lowest BCUT2D eigenvalue weighted by molar-refractivity contribution is 0.0974. The number of hydrogen-bond acceptors (Lipinski definition) is 2. The number of H-pyrrole nitrogens is 1. The quantitative estimate of drug-likeness (QED) is 0.726. The average Bonchev–Trinajstić information content (AvgIpc) is 2.67. The molecule has 0 radical (unpaired) electrons. The molecule has 0 spiro atoms. The van der Waals surface area contributed by atoms with Crippen molar-refractivity contribution in [2.75, 3.05) is 0 Å². The van der Waals surface area contributed by atoms with Crippen LogP contribution in [0.1, 0.15) is 34.5 Å². The number of Topliss-reactive ketones (excluding diaryl/α,β-unsaturated/α-hetero) is 1. The van der Waals surface area contributed by atoms with Gasteiger partial charge in [-0.2, -0.15) is 5.26 Å². The van der Waals surface area contributed by atoms with Crippen LogP contribution in [0, 0.1) is 11.3 Å². The van der Waals surface area contributed by atoms with Crippen molar-refractivity contribution in [2.45, 2.75) is 19.3 Å². The number of nitrogens with zero attached hydrogens (tertiary/aromatic N) is 1. The molecular formula is C13H10N2O. The van der Waals surface area contributed by atoms with Gasteiger partial charge in [0.1, 0.15) is 0 Å². The summed E-state index contributed by atoms with van der Waals surface area (Å²) in [7, 11) is 0. The number of carbonyl (C=O) groups is 1. The molecule has 0 fully saturated rings. The number of nitriles is 1. The van der Waals surface area contributed by atoms with E-state index in [0.29, 0.717) is 12.0 Å². The summed E-state index contributed by atoms with van der Waals surface area (Å²) in [5.41, 5.74) is 3.40. The van der Waals surface area contributed by atoms with Crippen LogP contribution >= 0.6 is 0 Å². The van der Waals surface area contributed by atoms with Crippen molar-refractivity contribution in [3.8, 4) is 6.07 Å². The first-order chi connectivity index (χ1) is 7.79. The highest BCUT2D eigenvalue weighted by molar-refractivity contribution is 6.10. The summed E-state index contributed by atoms with van der Waals surface area (Å²) >= 11 is 0. The molecule has 1 heterocycles. The highest BCUT2D eigenvalue weighted by Gasteiger charge is 2.22. The summed E-state index contributed by atoms with van der Waals surface area (Å²) in [6.07, 6.45) is 2.47. The van der Waals surface area contributed by atoms with E-state index in [2.05, 4.69) is 11.1 Å². The van der Waals surface area contributed by atoms with Gasteiger partial charge in [0.25, 0.3) is 0 Å². The summed E-state index contributed by atoms with van der Waals surface area (Å²) in [6, 6.07) is 7.55. The largest absolute Gasteiger partial charge is 0.358 e. The van der Waals surface area contributed by atoms with E-state index in [1.54, 1.807) is 12.1 Å². The van der Waals surface area contributed by atoms with E-state index >= 15 is 0 Å². The van der Waals surface area contributed by atoms with Crippen LogP contribution in [0.4, 0.5) is 0 Å². The van der Waals surface area contributed by atoms with Gasteiger partial charge >= 0.3 is 0 Å². The van der Waals surface area contributed by atoms with Gasteiger partial charge in [-0.3, -0.25) is 4.79 Å². The Morgan fingerprint density at radius 2 is 2.19 bits per heavy atom. The monoisotopic (exact) mass is 210 g/mol.